The number of nitrogen functional groups attached to an aromatic ring is 1. The zero-order valence-corrected chi connectivity index (χ0v) is 14.9. The predicted octanol–water partition coefficient (Wildman–Crippen LogP) is 3.57. The number of nitrogens with two attached hydrogens (primary N) is 1. The Balaban J connectivity index is 1.75. The number of ether oxygens (including phenoxy) is 1. The Morgan fingerprint density at radius 2 is 2.08 bits per heavy atom. The third kappa shape index (κ3) is 2.93. The number of benzene rings is 1. The molecule has 0 spiro atoms. The van der Waals surface area contributed by atoms with Crippen molar-refractivity contribution < 1.29 is 9.53 Å². The second-order valence-corrected chi connectivity index (χ2v) is 6.58. The fraction of sp³-hybridized carbons (Fsp3) is 0.105. The summed E-state index contributed by atoms with van der Waals surface area (Å²) in [6, 6.07) is 9.33. The van der Waals surface area contributed by atoms with Crippen LogP contribution in [0, 0.1) is 0 Å². The predicted molar refractivity (Wildman–Crippen MR) is 103 cm³/mol. The van der Waals surface area contributed by atoms with E-state index in [9.17, 15) is 4.79 Å². The van der Waals surface area contributed by atoms with Gasteiger partial charge in [-0.1, -0.05) is 0 Å². The highest BCUT2D eigenvalue weighted by Gasteiger charge is 2.29. The molecule has 3 aromatic rings. The minimum absolute atomic E-state index is 0.174. The van der Waals surface area contributed by atoms with E-state index in [-0.39, 0.29) is 11.7 Å². The number of anilines is 2. The molecule has 0 saturated heterocycles. The molecule has 6 nitrogen and oxygen atoms in total. The number of hydrogen-bond acceptors (Lipinski definition) is 6. The number of hydrogen-bond donors (Lipinski definition) is 1. The largest absolute Gasteiger partial charge is 0.449 e. The van der Waals surface area contributed by atoms with E-state index < -0.39 is 0 Å². The van der Waals surface area contributed by atoms with Gasteiger partial charge in [-0.3, -0.25) is 9.78 Å². The zero-order valence-electron chi connectivity index (χ0n) is 14.0. The normalized spacial score (nSPS) is 15.0. The van der Waals surface area contributed by atoms with Crippen LogP contribution in [0.15, 0.2) is 53.9 Å². The standard InChI is InChI=1S/C19H16N4O2S/c1-2-23-15-10-13(14-11-26-19(20)22-14)3-4-16(15)25-17(18(23)24)9-12-5-7-21-8-6-12/h3-11H,2H2,1H3,(H2,20,22)/b17-9+. The molecule has 130 valence electrons. The molecule has 1 aromatic carbocycles. The average molecular weight is 364 g/mol. The molecule has 0 radical (unpaired) electrons. The van der Waals surface area contributed by atoms with Crippen molar-refractivity contribution in [3.8, 4) is 17.0 Å². The molecule has 7 heteroatoms. The summed E-state index contributed by atoms with van der Waals surface area (Å²) in [5.41, 5.74) is 9.00. The van der Waals surface area contributed by atoms with E-state index in [1.807, 2.05) is 42.6 Å². The Bertz CT molecular complexity index is 998. The van der Waals surface area contributed by atoms with Gasteiger partial charge >= 0.3 is 0 Å². The lowest BCUT2D eigenvalue weighted by atomic mass is 10.1. The molecular weight excluding hydrogens is 348 g/mol. The van der Waals surface area contributed by atoms with Crippen LogP contribution in [0.1, 0.15) is 12.5 Å². The number of pyridine rings is 1. The maximum atomic E-state index is 12.9. The van der Waals surface area contributed by atoms with Crippen molar-refractivity contribution in [1.29, 1.82) is 0 Å². The van der Waals surface area contributed by atoms with Gasteiger partial charge in [0.2, 0.25) is 0 Å². The van der Waals surface area contributed by atoms with Crippen LogP contribution in [0.3, 0.4) is 0 Å². The summed E-state index contributed by atoms with van der Waals surface area (Å²) in [4.78, 5) is 22.8. The number of rotatable bonds is 3. The van der Waals surface area contributed by atoms with E-state index in [1.54, 1.807) is 23.4 Å². The molecule has 26 heavy (non-hydrogen) atoms. The van der Waals surface area contributed by atoms with Gasteiger partial charge in [0.25, 0.3) is 5.91 Å². The lowest BCUT2D eigenvalue weighted by molar-refractivity contribution is -0.117. The maximum absolute atomic E-state index is 12.9. The summed E-state index contributed by atoms with van der Waals surface area (Å²) in [6.07, 6.45) is 5.08. The molecule has 0 bridgehead atoms. The fourth-order valence-corrected chi connectivity index (χ4v) is 3.39. The zero-order chi connectivity index (χ0) is 18.1. The van der Waals surface area contributed by atoms with Crippen molar-refractivity contribution in [2.24, 2.45) is 0 Å². The molecule has 2 N–H and O–H groups in total. The minimum Gasteiger partial charge on any atom is -0.449 e. The highest BCUT2D eigenvalue weighted by atomic mass is 32.1. The Kier molecular flexibility index (Phi) is 4.14. The number of aromatic nitrogens is 2. The molecule has 0 saturated carbocycles. The van der Waals surface area contributed by atoms with E-state index in [0.29, 0.717) is 17.4 Å². The number of likely N-dealkylation sites (N-methyl/N-ethyl adjacent to an activating group) is 1. The van der Waals surface area contributed by atoms with Gasteiger partial charge in [-0.2, -0.15) is 0 Å². The smallest absolute Gasteiger partial charge is 0.294 e. The number of fused-ring (bicyclic) bond motifs is 1. The first-order chi connectivity index (χ1) is 12.7. The molecule has 4 rings (SSSR count). The first kappa shape index (κ1) is 16.3. The molecule has 1 aliphatic rings. The monoisotopic (exact) mass is 364 g/mol. The van der Waals surface area contributed by atoms with Crippen molar-refractivity contribution in [3.05, 3.63) is 59.4 Å². The third-order valence-corrected chi connectivity index (χ3v) is 4.74. The van der Waals surface area contributed by atoms with Gasteiger partial charge in [0.05, 0.1) is 11.4 Å². The highest BCUT2D eigenvalue weighted by molar-refractivity contribution is 7.13. The first-order valence-corrected chi connectivity index (χ1v) is 9.00. The van der Waals surface area contributed by atoms with Gasteiger partial charge < -0.3 is 15.4 Å². The summed E-state index contributed by atoms with van der Waals surface area (Å²) >= 11 is 1.39. The first-order valence-electron chi connectivity index (χ1n) is 8.12. The van der Waals surface area contributed by atoms with Crippen LogP contribution < -0.4 is 15.4 Å². The number of amides is 1. The van der Waals surface area contributed by atoms with Crippen LogP contribution in [0.2, 0.25) is 0 Å². The van der Waals surface area contributed by atoms with Crippen LogP contribution in [0.25, 0.3) is 17.3 Å². The summed E-state index contributed by atoms with van der Waals surface area (Å²) in [7, 11) is 0. The van der Waals surface area contributed by atoms with Crippen molar-refractivity contribution in [1.82, 2.24) is 9.97 Å². The van der Waals surface area contributed by atoms with Gasteiger partial charge in [-0.05, 0) is 48.9 Å². The van der Waals surface area contributed by atoms with Gasteiger partial charge in [0.1, 0.15) is 0 Å². The quantitative estimate of drug-likeness (QED) is 0.719. The molecular formula is C19H16N4O2S. The van der Waals surface area contributed by atoms with E-state index in [4.69, 9.17) is 10.5 Å². The average Bonchev–Trinajstić information content (AvgIpc) is 3.09. The van der Waals surface area contributed by atoms with Crippen molar-refractivity contribution in [2.75, 3.05) is 17.2 Å². The molecule has 1 amide bonds. The summed E-state index contributed by atoms with van der Waals surface area (Å²) in [5.74, 6) is 0.752. The van der Waals surface area contributed by atoms with Crippen LogP contribution in [0.5, 0.6) is 5.75 Å². The van der Waals surface area contributed by atoms with Crippen LogP contribution in [-0.4, -0.2) is 22.4 Å². The molecule has 1 aliphatic heterocycles. The lowest BCUT2D eigenvalue weighted by Gasteiger charge is -2.30. The van der Waals surface area contributed by atoms with E-state index >= 15 is 0 Å². The number of carbonyl (C=O) groups is 1. The Labute approximate surface area is 154 Å². The van der Waals surface area contributed by atoms with E-state index in [0.717, 1.165) is 22.5 Å². The second kappa shape index (κ2) is 6.61. The summed E-state index contributed by atoms with van der Waals surface area (Å²) in [5, 5.41) is 2.41. The number of thiazole rings is 1. The number of carbonyl (C=O) groups excluding carboxylic acids is 1. The lowest BCUT2D eigenvalue weighted by Crippen LogP contribution is -2.37. The summed E-state index contributed by atoms with van der Waals surface area (Å²) < 4.78 is 5.88. The SMILES string of the molecule is CCN1C(=O)/C(=C\c2ccncc2)Oc2ccc(-c3csc(N)n3)cc21. The van der Waals surface area contributed by atoms with E-state index in [1.165, 1.54) is 11.3 Å². The molecule has 0 fully saturated rings. The molecule has 3 heterocycles. The van der Waals surface area contributed by atoms with Gasteiger partial charge in [0, 0.05) is 29.9 Å². The minimum atomic E-state index is -0.174. The Morgan fingerprint density at radius 3 is 2.77 bits per heavy atom. The molecule has 0 aliphatic carbocycles. The van der Waals surface area contributed by atoms with Crippen molar-refractivity contribution in [2.45, 2.75) is 6.92 Å². The number of nitrogens with zero attached hydrogens (tertiary/aromatic N) is 3. The van der Waals surface area contributed by atoms with E-state index in [2.05, 4.69) is 9.97 Å². The Hall–Kier alpha value is -3.19. The fourth-order valence-electron chi connectivity index (χ4n) is 2.81. The maximum Gasteiger partial charge on any atom is 0.294 e. The van der Waals surface area contributed by atoms with Crippen LogP contribution in [-0.2, 0) is 4.79 Å². The van der Waals surface area contributed by atoms with Crippen LogP contribution >= 0.6 is 11.3 Å². The van der Waals surface area contributed by atoms with Gasteiger partial charge in [-0.15, -0.1) is 11.3 Å². The molecule has 0 unspecified atom stereocenters. The third-order valence-electron chi connectivity index (χ3n) is 4.06. The van der Waals surface area contributed by atoms with Crippen molar-refractivity contribution >= 4 is 34.1 Å². The summed E-state index contributed by atoms with van der Waals surface area (Å²) in [6.45, 7) is 2.47. The topological polar surface area (TPSA) is 81.3 Å². The molecule has 0 atom stereocenters. The Morgan fingerprint density at radius 1 is 1.27 bits per heavy atom. The van der Waals surface area contributed by atoms with Gasteiger partial charge in [-0.25, -0.2) is 4.98 Å². The van der Waals surface area contributed by atoms with Crippen LogP contribution in [0.4, 0.5) is 10.8 Å². The van der Waals surface area contributed by atoms with Gasteiger partial charge in [0.15, 0.2) is 16.6 Å². The van der Waals surface area contributed by atoms with Crippen molar-refractivity contribution in [3.63, 3.8) is 0 Å². The highest BCUT2D eigenvalue weighted by Crippen LogP contribution is 2.39. The second-order valence-electron chi connectivity index (χ2n) is 5.69. The molecule has 2 aromatic heterocycles.